The summed E-state index contributed by atoms with van der Waals surface area (Å²) in [6.07, 6.45) is 3.33. The molecule has 1 saturated heterocycles. The Morgan fingerprint density at radius 1 is 0.974 bits per heavy atom. The lowest BCUT2D eigenvalue weighted by atomic mass is 10.1. The quantitative estimate of drug-likeness (QED) is 0.354. The first kappa shape index (κ1) is 25.1. The molecule has 38 heavy (non-hydrogen) atoms. The van der Waals surface area contributed by atoms with E-state index in [0.29, 0.717) is 36.7 Å². The zero-order chi connectivity index (χ0) is 26.3. The van der Waals surface area contributed by atoms with Crippen LogP contribution in [-0.2, 0) is 22.7 Å². The molecule has 1 aromatic heterocycles. The molecule has 1 fully saturated rings. The van der Waals surface area contributed by atoms with Gasteiger partial charge < -0.3 is 20.3 Å². The van der Waals surface area contributed by atoms with Crippen LogP contribution in [0.4, 0.5) is 10.1 Å². The predicted molar refractivity (Wildman–Crippen MR) is 139 cm³/mol. The van der Waals surface area contributed by atoms with E-state index in [1.807, 2.05) is 30.3 Å². The number of nitrogens with zero attached hydrogens (tertiary/aromatic N) is 4. The number of hydrogen-bond acceptors (Lipinski definition) is 6. The van der Waals surface area contributed by atoms with Crippen LogP contribution in [0.5, 0.6) is 11.5 Å². The molecule has 0 aliphatic carbocycles. The van der Waals surface area contributed by atoms with E-state index in [1.165, 1.54) is 41.6 Å². The number of likely N-dealkylation sites (tertiary alicyclic amines) is 1. The molecule has 10 heteroatoms. The summed E-state index contributed by atoms with van der Waals surface area (Å²) < 4.78 is 20.3. The average Bonchev–Trinajstić information content (AvgIpc) is 3.61. The van der Waals surface area contributed by atoms with Crippen molar-refractivity contribution >= 4 is 17.5 Å². The molecule has 2 atom stereocenters. The number of anilines is 1. The van der Waals surface area contributed by atoms with Gasteiger partial charge >= 0.3 is 0 Å². The summed E-state index contributed by atoms with van der Waals surface area (Å²) in [4.78, 5) is 31.9. The second kappa shape index (κ2) is 11.7. The Kier molecular flexibility index (Phi) is 7.70. The molecule has 4 aromatic rings. The lowest BCUT2D eigenvalue weighted by Crippen LogP contribution is -2.44. The van der Waals surface area contributed by atoms with Crippen LogP contribution in [0.15, 0.2) is 91.5 Å². The van der Waals surface area contributed by atoms with Crippen molar-refractivity contribution in [1.29, 1.82) is 0 Å². The van der Waals surface area contributed by atoms with Crippen LogP contribution in [0.2, 0.25) is 0 Å². The third-order valence-corrected chi connectivity index (χ3v) is 6.30. The van der Waals surface area contributed by atoms with E-state index in [-0.39, 0.29) is 30.2 Å². The highest BCUT2D eigenvalue weighted by Crippen LogP contribution is 2.25. The zero-order valence-corrected chi connectivity index (χ0v) is 20.5. The van der Waals surface area contributed by atoms with Crippen LogP contribution < -0.4 is 15.4 Å². The van der Waals surface area contributed by atoms with E-state index >= 15 is 0 Å². The summed E-state index contributed by atoms with van der Waals surface area (Å²) in [7, 11) is 0. The van der Waals surface area contributed by atoms with Gasteiger partial charge in [-0.3, -0.25) is 9.59 Å². The first-order valence-electron chi connectivity index (χ1n) is 12.3. The van der Waals surface area contributed by atoms with Gasteiger partial charge in [-0.2, -0.15) is 5.10 Å². The van der Waals surface area contributed by atoms with Crippen LogP contribution >= 0.6 is 0 Å². The number of halogens is 1. The molecule has 5 rings (SSSR count). The van der Waals surface area contributed by atoms with Gasteiger partial charge in [0.05, 0.1) is 0 Å². The average molecular weight is 515 g/mol. The first-order chi connectivity index (χ1) is 18.5. The maximum Gasteiger partial charge on any atom is 0.247 e. The molecule has 1 aliphatic heterocycles. The number of hydrogen-bond donors (Lipinski definition) is 2. The lowest BCUT2D eigenvalue weighted by molar-refractivity contribution is -0.137. The summed E-state index contributed by atoms with van der Waals surface area (Å²) in [5.74, 6) is 0.236. The second-order valence-corrected chi connectivity index (χ2v) is 9.02. The Bertz CT molecular complexity index is 1350. The molecule has 0 radical (unpaired) electrons. The van der Waals surface area contributed by atoms with Crippen LogP contribution in [-0.4, -0.2) is 50.1 Å². The molecule has 1 aliphatic rings. The first-order valence-corrected chi connectivity index (χ1v) is 12.3. The number of amides is 2. The monoisotopic (exact) mass is 514 g/mol. The highest BCUT2D eigenvalue weighted by atomic mass is 19.1. The van der Waals surface area contributed by atoms with Crippen molar-refractivity contribution in [3.8, 4) is 11.5 Å². The minimum atomic E-state index is -0.644. The van der Waals surface area contributed by atoms with Crippen LogP contribution in [0.3, 0.4) is 0 Å². The molecule has 2 N–H and O–H groups in total. The van der Waals surface area contributed by atoms with Gasteiger partial charge in [-0.15, -0.1) is 0 Å². The number of carbonyl (C=O) groups is 2. The molecule has 194 valence electrons. The Hall–Kier alpha value is -4.57. The molecule has 2 amide bonds. The third-order valence-electron chi connectivity index (χ3n) is 6.30. The normalized spacial score (nSPS) is 16.8. The minimum Gasteiger partial charge on any atom is -0.457 e. The molecule has 3 aromatic carbocycles. The standard InChI is InChI=1S/C28H27FN6O3/c29-21-6-10-24(11-7-21)38-25-12-8-22(9-13-25)33-28(37)26-14-23(31-15-20-4-2-1-3-5-20)16-35(26)27(36)17-34-19-30-18-32-34/h1-13,18-19,23,26,31H,14-17H2,(H,33,37)/t23-,26+/m1/s1. The Morgan fingerprint density at radius 3 is 2.37 bits per heavy atom. The Balaban J connectivity index is 1.24. The van der Waals surface area contributed by atoms with E-state index in [1.54, 1.807) is 29.2 Å². The van der Waals surface area contributed by atoms with Gasteiger partial charge in [0.2, 0.25) is 11.8 Å². The van der Waals surface area contributed by atoms with Crippen molar-refractivity contribution in [1.82, 2.24) is 25.0 Å². The Morgan fingerprint density at radius 2 is 1.68 bits per heavy atom. The second-order valence-electron chi connectivity index (χ2n) is 9.02. The highest BCUT2D eigenvalue weighted by Gasteiger charge is 2.39. The number of nitrogens with one attached hydrogen (secondary N) is 2. The number of carbonyl (C=O) groups excluding carboxylic acids is 2. The zero-order valence-electron chi connectivity index (χ0n) is 20.5. The lowest BCUT2D eigenvalue weighted by Gasteiger charge is -2.24. The van der Waals surface area contributed by atoms with E-state index in [9.17, 15) is 14.0 Å². The van der Waals surface area contributed by atoms with Crippen molar-refractivity contribution in [3.63, 3.8) is 0 Å². The molecule has 0 spiro atoms. The van der Waals surface area contributed by atoms with Crippen LogP contribution in [0, 0.1) is 5.82 Å². The molecular weight excluding hydrogens is 487 g/mol. The number of aromatic nitrogens is 3. The molecule has 9 nitrogen and oxygen atoms in total. The molecule has 0 saturated carbocycles. The van der Waals surface area contributed by atoms with Crippen molar-refractivity contribution in [2.45, 2.75) is 31.6 Å². The van der Waals surface area contributed by atoms with Crippen molar-refractivity contribution in [2.24, 2.45) is 0 Å². The predicted octanol–water partition coefficient (Wildman–Crippen LogP) is 3.61. The van der Waals surface area contributed by atoms with Gasteiger partial charge in [-0.1, -0.05) is 30.3 Å². The summed E-state index contributed by atoms with van der Waals surface area (Å²) >= 11 is 0. The molecule has 2 heterocycles. The van der Waals surface area contributed by atoms with E-state index < -0.39 is 6.04 Å². The number of ether oxygens (including phenoxy) is 1. The van der Waals surface area contributed by atoms with Gasteiger partial charge in [0.25, 0.3) is 0 Å². The maximum absolute atomic E-state index is 13.3. The fourth-order valence-corrected chi connectivity index (χ4v) is 4.38. The minimum absolute atomic E-state index is 0.00457. The van der Waals surface area contributed by atoms with Gasteiger partial charge in [0, 0.05) is 24.8 Å². The smallest absolute Gasteiger partial charge is 0.247 e. The summed E-state index contributed by atoms with van der Waals surface area (Å²) in [5, 5.41) is 10.4. The number of benzene rings is 3. The number of rotatable bonds is 9. The fraction of sp³-hybridized carbons (Fsp3) is 0.214. The van der Waals surface area contributed by atoms with Crippen LogP contribution in [0.25, 0.3) is 0 Å². The van der Waals surface area contributed by atoms with Gasteiger partial charge in [-0.25, -0.2) is 14.1 Å². The summed E-state index contributed by atoms with van der Waals surface area (Å²) in [6.45, 7) is 1.05. The largest absolute Gasteiger partial charge is 0.457 e. The highest BCUT2D eigenvalue weighted by molar-refractivity contribution is 5.97. The summed E-state index contributed by atoms with van der Waals surface area (Å²) in [6, 6.07) is 21.9. The third kappa shape index (κ3) is 6.40. The van der Waals surface area contributed by atoms with Crippen molar-refractivity contribution < 1.29 is 18.7 Å². The molecule has 0 unspecified atom stereocenters. The van der Waals surface area contributed by atoms with Gasteiger partial charge in [0.15, 0.2) is 0 Å². The summed E-state index contributed by atoms with van der Waals surface area (Å²) in [5.41, 5.74) is 1.70. The fourth-order valence-electron chi connectivity index (χ4n) is 4.38. The van der Waals surface area contributed by atoms with Crippen molar-refractivity contribution in [2.75, 3.05) is 11.9 Å². The SMILES string of the molecule is O=C(Nc1ccc(Oc2ccc(F)cc2)cc1)[C@@H]1C[C@@H](NCc2ccccc2)CN1C(=O)Cn1cncn1. The maximum atomic E-state index is 13.3. The van der Waals surface area contributed by atoms with Gasteiger partial charge in [0.1, 0.15) is 42.6 Å². The topological polar surface area (TPSA) is 101 Å². The van der Waals surface area contributed by atoms with E-state index in [2.05, 4.69) is 20.7 Å². The Labute approximate surface area is 219 Å². The molecular formula is C28H27FN6O3. The molecule has 0 bridgehead atoms. The van der Waals surface area contributed by atoms with E-state index in [4.69, 9.17) is 4.74 Å². The van der Waals surface area contributed by atoms with E-state index in [0.717, 1.165) is 5.56 Å². The van der Waals surface area contributed by atoms with Gasteiger partial charge in [-0.05, 0) is 60.5 Å². The van der Waals surface area contributed by atoms with Crippen LogP contribution in [0.1, 0.15) is 12.0 Å². The van der Waals surface area contributed by atoms with Crippen molar-refractivity contribution in [3.05, 3.63) is 103 Å².